The number of nitrogens with one attached hydrogen (secondary N) is 1. The average molecular weight is 262 g/mol. The van der Waals surface area contributed by atoms with Crippen molar-refractivity contribution in [2.24, 2.45) is 0 Å². The van der Waals surface area contributed by atoms with Crippen LogP contribution in [0.25, 0.3) is 0 Å². The molecule has 1 atom stereocenters. The molecule has 0 radical (unpaired) electrons. The first-order valence-corrected chi connectivity index (χ1v) is 6.58. The van der Waals surface area contributed by atoms with E-state index in [1.807, 2.05) is 0 Å². The highest BCUT2D eigenvalue weighted by molar-refractivity contribution is 7.89. The highest BCUT2D eigenvalue weighted by atomic mass is 32.2. The van der Waals surface area contributed by atoms with Gasteiger partial charge in [0.1, 0.15) is 5.82 Å². The fourth-order valence-corrected chi connectivity index (χ4v) is 2.19. The molecule has 0 aromatic heterocycles. The van der Waals surface area contributed by atoms with E-state index in [0.29, 0.717) is 6.42 Å². The van der Waals surface area contributed by atoms with Crippen LogP contribution in [-0.2, 0) is 10.0 Å². The largest absolute Gasteiger partial charge is 0.396 e. The van der Waals surface area contributed by atoms with Crippen LogP contribution in [0.5, 0.6) is 0 Å². The molecule has 0 bridgehead atoms. The summed E-state index contributed by atoms with van der Waals surface area (Å²) in [6, 6.07) is 3.23. The first-order valence-electron chi connectivity index (χ1n) is 5.09. The Morgan fingerprint density at radius 2 is 2.18 bits per heavy atom. The normalized spacial score (nSPS) is 13.6. The van der Waals surface area contributed by atoms with Crippen LogP contribution in [0.15, 0.2) is 23.1 Å². The van der Waals surface area contributed by atoms with E-state index in [9.17, 15) is 17.9 Å². The van der Waals surface area contributed by atoms with Crippen molar-refractivity contribution >= 4 is 15.7 Å². The zero-order chi connectivity index (χ0) is 13.1. The molecule has 1 aromatic rings. The summed E-state index contributed by atoms with van der Waals surface area (Å²) < 4.78 is 38.7. The predicted octanol–water partition coefficient (Wildman–Crippen LogP) is 0.457. The quantitative estimate of drug-likeness (QED) is 0.672. The first kappa shape index (κ1) is 13.9. The number of aliphatic hydroxyl groups is 1. The van der Waals surface area contributed by atoms with E-state index in [0.717, 1.165) is 6.07 Å². The van der Waals surface area contributed by atoms with Gasteiger partial charge in [-0.25, -0.2) is 17.5 Å². The number of hydrogen-bond acceptors (Lipinski definition) is 4. The van der Waals surface area contributed by atoms with E-state index in [4.69, 9.17) is 5.73 Å². The van der Waals surface area contributed by atoms with Crippen LogP contribution in [0.4, 0.5) is 10.1 Å². The van der Waals surface area contributed by atoms with Crippen molar-refractivity contribution in [3.05, 3.63) is 24.0 Å². The molecule has 0 heterocycles. The van der Waals surface area contributed by atoms with Crippen LogP contribution >= 0.6 is 0 Å². The topological polar surface area (TPSA) is 92.4 Å². The molecule has 5 nitrogen and oxygen atoms in total. The van der Waals surface area contributed by atoms with E-state index < -0.39 is 21.9 Å². The average Bonchev–Trinajstić information content (AvgIpc) is 2.29. The van der Waals surface area contributed by atoms with Crippen molar-refractivity contribution < 1.29 is 17.9 Å². The van der Waals surface area contributed by atoms with Gasteiger partial charge in [-0.05, 0) is 24.6 Å². The standard InChI is InChI=1S/C10H15FN2O3S/c1-2-7(14)6-13-17(15,16)8-3-4-10(12)9(11)5-8/h3-5,7,13-14H,2,6,12H2,1H3. The third-order valence-electron chi connectivity index (χ3n) is 2.26. The number of sulfonamides is 1. The third kappa shape index (κ3) is 3.65. The minimum absolute atomic E-state index is 0.106. The lowest BCUT2D eigenvalue weighted by Crippen LogP contribution is -2.31. The van der Waals surface area contributed by atoms with Gasteiger partial charge in [-0.1, -0.05) is 6.92 Å². The fraction of sp³-hybridized carbons (Fsp3) is 0.400. The van der Waals surface area contributed by atoms with Crippen LogP contribution in [0.3, 0.4) is 0 Å². The second-order valence-electron chi connectivity index (χ2n) is 3.60. The molecule has 1 unspecified atom stereocenters. The third-order valence-corrected chi connectivity index (χ3v) is 3.68. The van der Waals surface area contributed by atoms with Gasteiger partial charge in [-0.15, -0.1) is 0 Å². The van der Waals surface area contributed by atoms with Gasteiger partial charge in [-0.2, -0.15) is 0 Å². The maximum atomic E-state index is 13.1. The summed E-state index contributed by atoms with van der Waals surface area (Å²) in [4.78, 5) is -0.215. The summed E-state index contributed by atoms with van der Waals surface area (Å²) in [5.41, 5.74) is 5.13. The van der Waals surface area contributed by atoms with Gasteiger partial charge in [0.05, 0.1) is 16.7 Å². The smallest absolute Gasteiger partial charge is 0.240 e. The van der Waals surface area contributed by atoms with E-state index in [2.05, 4.69) is 4.72 Å². The molecule has 0 aliphatic heterocycles. The Morgan fingerprint density at radius 3 is 2.71 bits per heavy atom. The Labute approximate surface area is 99.5 Å². The van der Waals surface area contributed by atoms with Crippen molar-refractivity contribution in [2.75, 3.05) is 12.3 Å². The zero-order valence-corrected chi connectivity index (χ0v) is 10.2. The molecular weight excluding hydrogens is 247 g/mol. The highest BCUT2D eigenvalue weighted by Gasteiger charge is 2.16. The molecule has 7 heteroatoms. The Balaban J connectivity index is 2.86. The molecule has 0 amide bonds. The minimum Gasteiger partial charge on any atom is -0.396 e. The molecule has 17 heavy (non-hydrogen) atoms. The van der Waals surface area contributed by atoms with Gasteiger partial charge >= 0.3 is 0 Å². The highest BCUT2D eigenvalue weighted by Crippen LogP contribution is 2.15. The second kappa shape index (κ2) is 5.44. The maximum absolute atomic E-state index is 13.1. The zero-order valence-electron chi connectivity index (χ0n) is 9.35. The van der Waals surface area contributed by atoms with Gasteiger partial charge in [0.25, 0.3) is 0 Å². The number of hydrogen-bond donors (Lipinski definition) is 3. The van der Waals surface area contributed by atoms with Crippen LogP contribution in [-0.4, -0.2) is 26.2 Å². The lowest BCUT2D eigenvalue weighted by molar-refractivity contribution is 0.174. The number of rotatable bonds is 5. The number of benzene rings is 1. The molecule has 1 rings (SSSR count). The first-order chi connectivity index (χ1) is 7.86. The number of halogens is 1. The van der Waals surface area contributed by atoms with Gasteiger partial charge in [-0.3, -0.25) is 0 Å². The molecule has 96 valence electrons. The Morgan fingerprint density at radius 1 is 1.53 bits per heavy atom. The lowest BCUT2D eigenvalue weighted by Gasteiger charge is -2.10. The summed E-state index contributed by atoms with van der Waals surface area (Å²) in [5.74, 6) is -0.788. The summed E-state index contributed by atoms with van der Waals surface area (Å²) >= 11 is 0. The predicted molar refractivity (Wildman–Crippen MR) is 62.3 cm³/mol. The second-order valence-corrected chi connectivity index (χ2v) is 5.36. The monoisotopic (exact) mass is 262 g/mol. The van der Waals surface area contributed by atoms with Crippen LogP contribution < -0.4 is 10.5 Å². The molecular formula is C10H15FN2O3S. The minimum atomic E-state index is -3.81. The Hall–Kier alpha value is -1.18. The molecule has 0 aliphatic carbocycles. The Kier molecular flexibility index (Phi) is 4.44. The van der Waals surface area contributed by atoms with Crippen molar-refractivity contribution in [2.45, 2.75) is 24.3 Å². The number of anilines is 1. The summed E-state index contributed by atoms with van der Waals surface area (Å²) in [6.45, 7) is 1.62. The van der Waals surface area contributed by atoms with Crippen molar-refractivity contribution in [3.63, 3.8) is 0 Å². The summed E-state index contributed by atoms with van der Waals surface area (Å²) in [5, 5.41) is 9.25. The maximum Gasteiger partial charge on any atom is 0.240 e. The van der Waals surface area contributed by atoms with E-state index in [-0.39, 0.29) is 17.1 Å². The van der Waals surface area contributed by atoms with Crippen molar-refractivity contribution in [1.82, 2.24) is 4.72 Å². The molecule has 0 saturated heterocycles. The molecule has 1 aromatic carbocycles. The van der Waals surface area contributed by atoms with Gasteiger partial charge in [0.15, 0.2) is 0 Å². The van der Waals surface area contributed by atoms with E-state index in [1.165, 1.54) is 12.1 Å². The Bertz CT molecular complexity index is 490. The summed E-state index contributed by atoms with van der Waals surface area (Å²) in [6.07, 6.45) is -0.332. The number of aliphatic hydroxyl groups excluding tert-OH is 1. The van der Waals surface area contributed by atoms with Gasteiger partial charge in [0, 0.05) is 6.54 Å². The van der Waals surface area contributed by atoms with Crippen LogP contribution in [0.1, 0.15) is 13.3 Å². The SMILES string of the molecule is CCC(O)CNS(=O)(=O)c1ccc(N)c(F)c1. The van der Waals surface area contributed by atoms with Crippen molar-refractivity contribution in [3.8, 4) is 0 Å². The number of nitrogen functional groups attached to an aromatic ring is 1. The molecule has 0 aliphatic rings. The van der Waals surface area contributed by atoms with Crippen molar-refractivity contribution in [1.29, 1.82) is 0 Å². The van der Waals surface area contributed by atoms with Crippen LogP contribution in [0.2, 0.25) is 0 Å². The van der Waals surface area contributed by atoms with Crippen LogP contribution in [0, 0.1) is 5.82 Å². The molecule has 0 saturated carbocycles. The van der Waals surface area contributed by atoms with Gasteiger partial charge < -0.3 is 10.8 Å². The molecule has 0 spiro atoms. The molecule has 0 fully saturated rings. The van der Waals surface area contributed by atoms with E-state index in [1.54, 1.807) is 6.92 Å². The number of nitrogens with two attached hydrogens (primary N) is 1. The molecule has 4 N–H and O–H groups in total. The van der Waals surface area contributed by atoms with E-state index >= 15 is 0 Å². The summed E-state index contributed by atoms with van der Waals surface area (Å²) in [7, 11) is -3.81. The fourth-order valence-electron chi connectivity index (χ4n) is 1.11. The lowest BCUT2D eigenvalue weighted by atomic mass is 10.3. The van der Waals surface area contributed by atoms with Gasteiger partial charge in [0.2, 0.25) is 10.0 Å².